The summed E-state index contributed by atoms with van der Waals surface area (Å²) in [6.45, 7) is -0.307. The number of imide groups is 1. The predicted molar refractivity (Wildman–Crippen MR) is 81.4 cm³/mol. The van der Waals surface area contributed by atoms with E-state index >= 15 is 0 Å². The molecule has 3 amide bonds. The molecule has 0 atom stereocenters. The van der Waals surface area contributed by atoms with Crippen LogP contribution in [0.2, 0.25) is 0 Å². The van der Waals surface area contributed by atoms with E-state index in [1.165, 1.54) is 24.3 Å². The number of amides is 3. The SMILES string of the molecule is O=C(CN1C(=O)NC2(CCCCCC2)C1=O)c1ccc(F)cc1. The van der Waals surface area contributed by atoms with Gasteiger partial charge < -0.3 is 5.32 Å². The number of carbonyl (C=O) groups excluding carboxylic acids is 3. The van der Waals surface area contributed by atoms with Crippen LogP contribution >= 0.6 is 0 Å². The minimum atomic E-state index is -0.837. The molecule has 2 aliphatic rings. The van der Waals surface area contributed by atoms with E-state index in [1.807, 2.05) is 0 Å². The molecule has 0 radical (unpaired) electrons. The van der Waals surface area contributed by atoms with Gasteiger partial charge in [-0.2, -0.15) is 0 Å². The number of benzene rings is 1. The lowest BCUT2D eigenvalue weighted by molar-refractivity contribution is -0.131. The summed E-state index contributed by atoms with van der Waals surface area (Å²) in [6, 6.07) is 4.58. The third-order valence-corrected chi connectivity index (χ3v) is 4.67. The Morgan fingerprint density at radius 2 is 1.70 bits per heavy atom. The van der Waals surface area contributed by atoms with Crippen LogP contribution in [0.15, 0.2) is 24.3 Å². The molecule has 5 nitrogen and oxygen atoms in total. The lowest BCUT2D eigenvalue weighted by Crippen LogP contribution is -2.46. The molecule has 1 aliphatic carbocycles. The van der Waals surface area contributed by atoms with E-state index < -0.39 is 17.4 Å². The second-order valence-corrected chi connectivity index (χ2v) is 6.25. The summed E-state index contributed by atoms with van der Waals surface area (Å²) in [5.41, 5.74) is -0.551. The average Bonchev–Trinajstić information content (AvgIpc) is 2.72. The zero-order valence-electron chi connectivity index (χ0n) is 12.8. The lowest BCUT2D eigenvalue weighted by atomic mass is 9.90. The van der Waals surface area contributed by atoms with Crippen LogP contribution in [-0.2, 0) is 4.79 Å². The summed E-state index contributed by atoms with van der Waals surface area (Å²) in [7, 11) is 0. The molecule has 1 heterocycles. The number of hydrogen-bond acceptors (Lipinski definition) is 3. The average molecular weight is 318 g/mol. The molecular weight excluding hydrogens is 299 g/mol. The molecule has 23 heavy (non-hydrogen) atoms. The maximum absolute atomic E-state index is 12.9. The second-order valence-electron chi connectivity index (χ2n) is 6.25. The van der Waals surface area contributed by atoms with E-state index in [1.54, 1.807) is 0 Å². The van der Waals surface area contributed by atoms with Gasteiger partial charge in [0.2, 0.25) is 0 Å². The standard InChI is InChI=1S/C17H19FN2O3/c18-13-7-5-12(6-8-13)14(21)11-20-15(22)17(19-16(20)23)9-3-1-2-4-10-17/h5-8H,1-4,9-11H2,(H,19,23). The van der Waals surface area contributed by atoms with Crippen LogP contribution in [0.1, 0.15) is 48.9 Å². The van der Waals surface area contributed by atoms with Gasteiger partial charge in [-0.3, -0.25) is 14.5 Å². The summed E-state index contributed by atoms with van der Waals surface area (Å²) in [6.07, 6.45) is 5.15. The van der Waals surface area contributed by atoms with Crippen molar-refractivity contribution in [2.45, 2.75) is 44.1 Å². The summed E-state index contributed by atoms with van der Waals surface area (Å²) in [4.78, 5) is 38.1. The Labute approximate surface area is 133 Å². The van der Waals surface area contributed by atoms with Crippen molar-refractivity contribution in [2.24, 2.45) is 0 Å². The van der Waals surface area contributed by atoms with Gasteiger partial charge in [0.25, 0.3) is 5.91 Å². The summed E-state index contributed by atoms with van der Waals surface area (Å²) in [5.74, 6) is -1.12. The maximum atomic E-state index is 12.9. The van der Waals surface area contributed by atoms with Crippen molar-refractivity contribution in [1.82, 2.24) is 10.2 Å². The number of urea groups is 1. The molecule has 1 aliphatic heterocycles. The lowest BCUT2D eigenvalue weighted by Gasteiger charge is -2.24. The van der Waals surface area contributed by atoms with Crippen LogP contribution < -0.4 is 5.32 Å². The Kier molecular flexibility index (Phi) is 4.15. The topological polar surface area (TPSA) is 66.5 Å². The number of ketones is 1. The van der Waals surface area contributed by atoms with Gasteiger partial charge in [0.1, 0.15) is 11.4 Å². The molecule has 1 saturated carbocycles. The quantitative estimate of drug-likeness (QED) is 0.688. The van der Waals surface area contributed by atoms with E-state index in [0.29, 0.717) is 12.8 Å². The summed E-state index contributed by atoms with van der Waals surface area (Å²) < 4.78 is 12.9. The molecule has 122 valence electrons. The molecule has 1 spiro atoms. The van der Waals surface area contributed by atoms with Gasteiger partial charge in [-0.1, -0.05) is 25.7 Å². The third kappa shape index (κ3) is 2.98. The van der Waals surface area contributed by atoms with Gasteiger partial charge in [-0.15, -0.1) is 0 Å². The first-order chi connectivity index (χ1) is 11.0. The fourth-order valence-corrected chi connectivity index (χ4v) is 3.36. The molecule has 0 bridgehead atoms. The largest absolute Gasteiger partial charge is 0.325 e. The first-order valence-corrected chi connectivity index (χ1v) is 7.95. The fraction of sp³-hybridized carbons (Fsp3) is 0.471. The highest BCUT2D eigenvalue weighted by molar-refractivity contribution is 6.11. The van der Waals surface area contributed by atoms with E-state index in [0.717, 1.165) is 30.6 Å². The third-order valence-electron chi connectivity index (χ3n) is 4.67. The van der Waals surface area contributed by atoms with Gasteiger partial charge in [-0.05, 0) is 37.1 Å². The van der Waals surface area contributed by atoms with Crippen LogP contribution in [-0.4, -0.2) is 34.7 Å². The Bertz CT molecular complexity index is 634. The Morgan fingerprint density at radius 1 is 1.09 bits per heavy atom. The van der Waals surface area contributed by atoms with Crippen LogP contribution in [0.4, 0.5) is 9.18 Å². The molecule has 3 rings (SSSR count). The monoisotopic (exact) mass is 318 g/mol. The van der Waals surface area contributed by atoms with E-state index in [9.17, 15) is 18.8 Å². The van der Waals surface area contributed by atoms with E-state index in [-0.39, 0.29) is 23.8 Å². The van der Waals surface area contributed by atoms with E-state index in [2.05, 4.69) is 5.32 Å². The minimum absolute atomic E-state index is 0.286. The zero-order valence-corrected chi connectivity index (χ0v) is 12.8. The molecule has 0 unspecified atom stereocenters. The highest BCUT2D eigenvalue weighted by Gasteiger charge is 2.51. The van der Waals surface area contributed by atoms with Crippen molar-refractivity contribution in [3.63, 3.8) is 0 Å². The zero-order chi connectivity index (χ0) is 16.4. The van der Waals surface area contributed by atoms with Crippen LogP contribution in [0, 0.1) is 5.82 Å². The van der Waals surface area contributed by atoms with Crippen molar-refractivity contribution in [2.75, 3.05) is 6.54 Å². The van der Waals surface area contributed by atoms with Crippen molar-refractivity contribution in [1.29, 1.82) is 0 Å². The van der Waals surface area contributed by atoms with Gasteiger partial charge in [0.05, 0.1) is 6.54 Å². The van der Waals surface area contributed by atoms with Gasteiger partial charge >= 0.3 is 6.03 Å². The minimum Gasteiger partial charge on any atom is -0.323 e. The van der Waals surface area contributed by atoms with Crippen molar-refractivity contribution in [3.8, 4) is 0 Å². The highest BCUT2D eigenvalue weighted by Crippen LogP contribution is 2.32. The summed E-state index contributed by atoms with van der Waals surface area (Å²) >= 11 is 0. The van der Waals surface area contributed by atoms with Gasteiger partial charge in [-0.25, -0.2) is 9.18 Å². The summed E-state index contributed by atoms with van der Waals surface area (Å²) in [5, 5.41) is 2.80. The Hall–Kier alpha value is -2.24. The smallest absolute Gasteiger partial charge is 0.323 e. The predicted octanol–water partition coefficient (Wildman–Crippen LogP) is 2.65. The molecular formula is C17H19FN2O3. The molecule has 1 aromatic rings. The van der Waals surface area contributed by atoms with Crippen molar-refractivity contribution < 1.29 is 18.8 Å². The number of hydrogen-bond donors (Lipinski definition) is 1. The molecule has 2 fully saturated rings. The van der Waals surface area contributed by atoms with Gasteiger partial charge in [0, 0.05) is 5.56 Å². The fourth-order valence-electron chi connectivity index (χ4n) is 3.36. The normalized spacial score (nSPS) is 20.5. The maximum Gasteiger partial charge on any atom is 0.325 e. The molecule has 6 heteroatoms. The first kappa shape index (κ1) is 15.6. The van der Waals surface area contributed by atoms with Gasteiger partial charge in [0.15, 0.2) is 5.78 Å². The highest BCUT2D eigenvalue weighted by atomic mass is 19.1. The second kappa shape index (κ2) is 6.10. The number of nitrogens with one attached hydrogen (secondary N) is 1. The number of rotatable bonds is 3. The molecule has 1 saturated heterocycles. The van der Waals surface area contributed by atoms with Crippen LogP contribution in [0.3, 0.4) is 0 Å². The van der Waals surface area contributed by atoms with Crippen LogP contribution in [0.5, 0.6) is 0 Å². The first-order valence-electron chi connectivity index (χ1n) is 7.95. The van der Waals surface area contributed by atoms with Crippen molar-refractivity contribution >= 4 is 17.7 Å². The number of halogens is 1. The van der Waals surface area contributed by atoms with Crippen LogP contribution in [0.25, 0.3) is 0 Å². The Morgan fingerprint density at radius 3 is 2.30 bits per heavy atom. The van der Waals surface area contributed by atoms with E-state index in [4.69, 9.17) is 0 Å². The van der Waals surface area contributed by atoms with Crippen molar-refractivity contribution in [3.05, 3.63) is 35.6 Å². The number of nitrogens with zero attached hydrogens (tertiary/aromatic N) is 1. The Balaban J connectivity index is 1.75. The number of Topliss-reactive ketones (excluding diaryl/α,β-unsaturated/α-hetero) is 1. The molecule has 1 aromatic carbocycles. The molecule has 0 aromatic heterocycles. The molecule has 1 N–H and O–H groups in total. The number of carbonyl (C=O) groups is 3.